The van der Waals surface area contributed by atoms with Gasteiger partial charge in [-0.2, -0.15) is 0 Å². The molecule has 1 saturated heterocycles. The minimum absolute atomic E-state index is 0.0281. The largest absolute Gasteiger partial charge is 0.481 e. The number of non-ortho nitro benzene ring substituents is 1. The van der Waals surface area contributed by atoms with Crippen molar-refractivity contribution >= 4 is 34.8 Å². The third-order valence-electron chi connectivity index (χ3n) is 7.36. The highest BCUT2D eigenvalue weighted by Crippen LogP contribution is 2.33. The first-order chi connectivity index (χ1) is 21.8. The van der Waals surface area contributed by atoms with E-state index in [4.69, 9.17) is 4.74 Å². The van der Waals surface area contributed by atoms with Gasteiger partial charge in [-0.3, -0.25) is 29.5 Å². The van der Waals surface area contributed by atoms with Crippen LogP contribution in [-0.2, 0) is 16.1 Å². The van der Waals surface area contributed by atoms with Crippen molar-refractivity contribution < 1.29 is 29.2 Å². The number of ether oxygens (including phenoxy) is 1. The van der Waals surface area contributed by atoms with Crippen LogP contribution in [0.4, 0.5) is 17.1 Å². The Morgan fingerprint density at radius 1 is 0.956 bits per heavy atom. The molecular weight excluding hydrogens is 578 g/mol. The molecule has 2 heterocycles. The summed E-state index contributed by atoms with van der Waals surface area (Å²) in [7, 11) is 0. The predicted molar refractivity (Wildman–Crippen MR) is 167 cm³/mol. The van der Waals surface area contributed by atoms with Gasteiger partial charge in [-0.25, -0.2) is 0 Å². The first-order valence-corrected chi connectivity index (χ1v) is 14.3. The van der Waals surface area contributed by atoms with Gasteiger partial charge in [0.2, 0.25) is 0 Å². The van der Waals surface area contributed by atoms with Crippen molar-refractivity contribution in [1.82, 2.24) is 9.88 Å². The fraction of sp³-hybridized carbons (Fsp3) is 0.212. The maximum atomic E-state index is 13.2. The number of nitrogens with zero attached hydrogens (tertiary/aromatic N) is 4. The second kappa shape index (κ2) is 14.2. The number of amides is 2. The Morgan fingerprint density at radius 3 is 2.40 bits per heavy atom. The smallest absolute Gasteiger partial charge is 0.305 e. The van der Waals surface area contributed by atoms with Crippen LogP contribution in [0, 0.1) is 10.1 Å². The number of nitro groups is 1. The van der Waals surface area contributed by atoms with E-state index in [1.165, 1.54) is 35.4 Å². The van der Waals surface area contributed by atoms with E-state index in [0.29, 0.717) is 37.6 Å². The zero-order chi connectivity index (χ0) is 31.8. The standard InChI is InChI=1S/C33H31N5O7/c39-31(40)12-14-37(33(42)27-5-2-13-34-21-27)22-23-3-1-4-25(19-23)26-8-11-30(36-15-17-45-18-16-36)29(20-26)35-32(41)24-6-9-28(10-7-24)38(43)44/h1-11,13,19-21H,12,14-18,22H2,(H,35,41)(H,39,40). The van der Waals surface area contributed by atoms with Crippen molar-refractivity contribution in [3.63, 3.8) is 0 Å². The Labute approximate surface area is 259 Å². The molecule has 1 fully saturated rings. The molecule has 0 aliphatic carbocycles. The molecule has 45 heavy (non-hydrogen) atoms. The number of carbonyl (C=O) groups is 3. The number of hydrogen-bond donors (Lipinski definition) is 2. The summed E-state index contributed by atoms with van der Waals surface area (Å²) < 4.78 is 5.51. The molecule has 0 unspecified atom stereocenters. The fourth-order valence-corrected chi connectivity index (χ4v) is 5.05. The molecule has 5 rings (SSSR count). The van der Waals surface area contributed by atoms with Crippen LogP contribution in [0.2, 0.25) is 0 Å². The summed E-state index contributed by atoms with van der Waals surface area (Å²) in [5.74, 6) is -1.73. The molecule has 12 nitrogen and oxygen atoms in total. The van der Waals surface area contributed by atoms with Crippen molar-refractivity contribution in [3.8, 4) is 11.1 Å². The molecule has 0 radical (unpaired) electrons. The Balaban J connectivity index is 1.43. The van der Waals surface area contributed by atoms with Gasteiger partial charge in [0.25, 0.3) is 17.5 Å². The minimum Gasteiger partial charge on any atom is -0.481 e. The fourth-order valence-electron chi connectivity index (χ4n) is 5.05. The molecule has 0 atom stereocenters. The number of anilines is 2. The van der Waals surface area contributed by atoms with Crippen molar-refractivity contribution in [2.75, 3.05) is 43.1 Å². The average molecular weight is 610 g/mol. The number of pyridine rings is 1. The van der Waals surface area contributed by atoms with E-state index in [1.54, 1.807) is 18.3 Å². The number of nitro benzene ring substituents is 1. The summed E-state index contributed by atoms with van der Waals surface area (Å²) >= 11 is 0. The van der Waals surface area contributed by atoms with Crippen LogP contribution in [0.25, 0.3) is 11.1 Å². The quantitative estimate of drug-likeness (QED) is 0.179. The Kier molecular flexibility index (Phi) is 9.75. The second-order valence-corrected chi connectivity index (χ2v) is 10.4. The van der Waals surface area contributed by atoms with Gasteiger partial charge in [-0.1, -0.05) is 24.3 Å². The van der Waals surface area contributed by atoms with Crippen LogP contribution in [0.5, 0.6) is 0 Å². The molecule has 12 heteroatoms. The molecule has 1 aliphatic heterocycles. The summed E-state index contributed by atoms with van der Waals surface area (Å²) in [6, 6.07) is 22.0. The lowest BCUT2D eigenvalue weighted by atomic mass is 10.0. The average Bonchev–Trinajstić information content (AvgIpc) is 3.07. The summed E-state index contributed by atoms with van der Waals surface area (Å²) in [4.78, 5) is 55.9. The minimum atomic E-state index is -1.00. The molecule has 3 aromatic carbocycles. The van der Waals surface area contributed by atoms with Crippen LogP contribution < -0.4 is 10.2 Å². The topological polar surface area (TPSA) is 155 Å². The molecule has 0 saturated carbocycles. The highest BCUT2D eigenvalue weighted by atomic mass is 16.6. The van der Waals surface area contributed by atoms with E-state index >= 15 is 0 Å². The highest BCUT2D eigenvalue weighted by molar-refractivity contribution is 6.06. The summed E-state index contributed by atoms with van der Waals surface area (Å²) in [5, 5.41) is 23.3. The lowest BCUT2D eigenvalue weighted by Crippen LogP contribution is -2.36. The predicted octanol–water partition coefficient (Wildman–Crippen LogP) is 4.86. The van der Waals surface area contributed by atoms with Crippen LogP contribution in [0.1, 0.15) is 32.7 Å². The van der Waals surface area contributed by atoms with Gasteiger partial charge in [0.05, 0.1) is 41.5 Å². The van der Waals surface area contributed by atoms with Gasteiger partial charge < -0.3 is 25.0 Å². The molecule has 2 N–H and O–H groups in total. The lowest BCUT2D eigenvalue weighted by Gasteiger charge is -2.31. The number of rotatable bonds is 11. The zero-order valence-electron chi connectivity index (χ0n) is 24.3. The number of morpholine rings is 1. The third kappa shape index (κ3) is 7.86. The lowest BCUT2D eigenvalue weighted by molar-refractivity contribution is -0.384. The van der Waals surface area contributed by atoms with Gasteiger partial charge in [-0.15, -0.1) is 0 Å². The first kappa shape index (κ1) is 30.8. The van der Waals surface area contributed by atoms with Crippen molar-refractivity contribution in [2.24, 2.45) is 0 Å². The number of benzene rings is 3. The monoisotopic (exact) mass is 609 g/mol. The van der Waals surface area contributed by atoms with Gasteiger partial charge in [0.15, 0.2) is 0 Å². The number of aliphatic carboxylic acids is 1. The number of carbonyl (C=O) groups excluding carboxylic acids is 2. The van der Waals surface area contributed by atoms with Crippen molar-refractivity contribution in [1.29, 1.82) is 0 Å². The summed E-state index contributed by atoms with van der Waals surface area (Å²) in [5.41, 5.74) is 4.36. The van der Waals surface area contributed by atoms with E-state index < -0.39 is 16.8 Å². The molecule has 0 spiro atoms. The van der Waals surface area contributed by atoms with Crippen LogP contribution in [0.3, 0.4) is 0 Å². The van der Waals surface area contributed by atoms with Crippen molar-refractivity contribution in [3.05, 3.63) is 118 Å². The van der Waals surface area contributed by atoms with E-state index in [2.05, 4.69) is 15.2 Å². The zero-order valence-corrected chi connectivity index (χ0v) is 24.3. The molecule has 0 bridgehead atoms. The number of aromatic nitrogens is 1. The molecule has 230 valence electrons. The Morgan fingerprint density at radius 2 is 1.71 bits per heavy atom. The maximum absolute atomic E-state index is 13.2. The normalized spacial score (nSPS) is 12.8. The van der Waals surface area contributed by atoms with Gasteiger partial charge in [-0.05, 0) is 59.2 Å². The van der Waals surface area contributed by atoms with E-state index in [0.717, 1.165) is 22.4 Å². The number of nitrogens with one attached hydrogen (secondary N) is 1. The number of hydrogen-bond acceptors (Lipinski definition) is 8. The van der Waals surface area contributed by atoms with E-state index in [1.807, 2.05) is 42.5 Å². The Bertz CT molecular complexity index is 1690. The Hall–Kier alpha value is -5.62. The highest BCUT2D eigenvalue weighted by Gasteiger charge is 2.20. The van der Waals surface area contributed by atoms with Gasteiger partial charge in [0.1, 0.15) is 0 Å². The molecular formula is C33H31N5O7. The second-order valence-electron chi connectivity index (χ2n) is 10.4. The SMILES string of the molecule is O=C(O)CCN(Cc1cccc(-c2ccc(N3CCOCC3)c(NC(=O)c3ccc([N+](=O)[O-])cc3)c2)c1)C(=O)c1cccnc1. The molecule has 1 aliphatic rings. The van der Waals surface area contributed by atoms with Gasteiger partial charge >= 0.3 is 5.97 Å². The van der Waals surface area contributed by atoms with Gasteiger partial charge in [0, 0.05) is 56.3 Å². The maximum Gasteiger partial charge on any atom is 0.305 e. The first-order valence-electron chi connectivity index (χ1n) is 14.3. The van der Waals surface area contributed by atoms with Crippen molar-refractivity contribution in [2.45, 2.75) is 13.0 Å². The van der Waals surface area contributed by atoms with Crippen LogP contribution in [0.15, 0.2) is 91.3 Å². The molecule has 1 aromatic heterocycles. The number of carboxylic acids is 1. The summed E-state index contributed by atoms with van der Waals surface area (Å²) in [6.45, 7) is 2.61. The van der Waals surface area contributed by atoms with Crippen LogP contribution in [-0.4, -0.2) is 70.5 Å². The molecule has 2 amide bonds. The molecule has 4 aromatic rings. The van der Waals surface area contributed by atoms with Crippen LogP contribution >= 0.6 is 0 Å². The number of carboxylic acid groups (broad SMARTS) is 1. The summed E-state index contributed by atoms with van der Waals surface area (Å²) in [6.07, 6.45) is 2.82. The van der Waals surface area contributed by atoms with E-state index in [-0.39, 0.29) is 36.7 Å². The van der Waals surface area contributed by atoms with E-state index in [9.17, 15) is 29.6 Å². The third-order valence-corrected chi connectivity index (χ3v) is 7.36.